The molecular formula is C25H28N4O3. The molecule has 0 bridgehead atoms. The molecule has 3 heterocycles. The van der Waals surface area contributed by atoms with Gasteiger partial charge in [0.15, 0.2) is 5.69 Å². The lowest BCUT2D eigenvalue weighted by Crippen LogP contribution is -2.28. The smallest absolute Gasteiger partial charge is 0.272 e. The predicted molar refractivity (Wildman–Crippen MR) is 122 cm³/mol. The van der Waals surface area contributed by atoms with Crippen molar-refractivity contribution in [2.24, 2.45) is 0 Å². The van der Waals surface area contributed by atoms with Crippen LogP contribution in [0.4, 0.5) is 0 Å². The number of nitrogens with zero attached hydrogens (tertiary/aromatic N) is 3. The molecule has 3 aromatic rings. The van der Waals surface area contributed by atoms with E-state index >= 15 is 0 Å². The number of unbranched alkanes of at least 4 members (excludes halogenated alkanes) is 1. The monoisotopic (exact) mass is 432 g/mol. The number of hydrogen-bond acceptors (Lipinski definition) is 6. The average molecular weight is 433 g/mol. The molecule has 0 spiro atoms. The molecular weight excluding hydrogens is 404 g/mol. The summed E-state index contributed by atoms with van der Waals surface area (Å²) < 4.78 is 5.94. The number of hydrogen-bond donors (Lipinski definition) is 2. The third-order valence-electron chi connectivity index (χ3n) is 5.49. The lowest BCUT2D eigenvalue weighted by atomic mass is 9.98. The van der Waals surface area contributed by atoms with Crippen LogP contribution < -0.4 is 5.32 Å². The highest BCUT2D eigenvalue weighted by molar-refractivity contribution is 5.98. The molecule has 0 saturated carbocycles. The van der Waals surface area contributed by atoms with E-state index in [1.807, 2.05) is 42.5 Å². The van der Waals surface area contributed by atoms with E-state index in [0.29, 0.717) is 36.5 Å². The van der Waals surface area contributed by atoms with E-state index in [2.05, 4.69) is 17.2 Å². The minimum atomic E-state index is -0.471. The molecule has 2 N–H and O–H groups in total. The van der Waals surface area contributed by atoms with E-state index in [9.17, 15) is 9.90 Å². The molecule has 1 aliphatic heterocycles. The summed E-state index contributed by atoms with van der Waals surface area (Å²) in [5, 5.41) is 12.9. The number of amides is 1. The number of ether oxygens (including phenoxy) is 1. The fourth-order valence-electron chi connectivity index (χ4n) is 3.76. The van der Waals surface area contributed by atoms with E-state index in [1.165, 1.54) is 0 Å². The van der Waals surface area contributed by atoms with Gasteiger partial charge < -0.3 is 15.2 Å². The van der Waals surface area contributed by atoms with Gasteiger partial charge in [-0.15, -0.1) is 0 Å². The maximum atomic E-state index is 13.1. The Balaban J connectivity index is 1.85. The van der Waals surface area contributed by atoms with Crippen LogP contribution >= 0.6 is 0 Å². The summed E-state index contributed by atoms with van der Waals surface area (Å²) in [5.74, 6) is -0.256. The summed E-state index contributed by atoms with van der Waals surface area (Å²) in [6.45, 7) is 2.91. The third kappa shape index (κ3) is 5.00. The molecule has 1 aliphatic rings. The van der Waals surface area contributed by atoms with Crippen molar-refractivity contribution in [1.29, 1.82) is 0 Å². The summed E-state index contributed by atoms with van der Waals surface area (Å²) in [7, 11) is 0. The van der Waals surface area contributed by atoms with Crippen LogP contribution in [-0.4, -0.2) is 45.2 Å². The highest BCUT2D eigenvalue weighted by atomic mass is 16.5. The van der Waals surface area contributed by atoms with Crippen LogP contribution in [0.25, 0.3) is 22.5 Å². The molecule has 0 radical (unpaired) electrons. The summed E-state index contributed by atoms with van der Waals surface area (Å²) in [6.07, 6.45) is 5.72. The van der Waals surface area contributed by atoms with Crippen LogP contribution in [0.1, 0.15) is 54.9 Å². The third-order valence-corrected chi connectivity index (χ3v) is 5.49. The fourth-order valence-corrected chi connectivity index (χ4v) is 3.76. The first-order valence-electron chi connectivity index (χ1n) is 11.1. The highest BCUT2D eigenvalue weighted by Crippen LogP contribution is 2.35. The van der Waals surface area contributed by atoms with Crippen LogP contribution in [0.5, 0.6) is 0 Å². The van der Waals surface area contributed by atoms with Crippen molar-refractivity contribution in [3.8, 4) is 22.5 Å². The van der Waals surface area contributed by atoms with Crippen molar-refractivity contribution in [2.75, 3.05) is 13.2 Å². The van der Waals surface area contributed by atoms with Gasteiger partial charge in [0.2, 0.25) is 0 Å². The molecule has 2 unspecified atom stereocenters. The molecule has 166 valence electrons. The normalized spacial score (nSPS) is 18.3. The Kier molecular flexibility index (Phi) is 7.19. The van der Waals surface area contributed by atoms with Crippen LogP contribution in [0.3, 0.4) is 0 Å². The van der Waals surface area contributed by atoms with Gasteiger partial charge in [-0.3, -0.25) is 9.78 Å². The van der Waals surface area contributed by atoms with Gasteiger partial charge >= 0.3 is 0 Å². The molecule has 7 nitrogen and oxygen atoms in total. The largest absolute Gasteiger partial charge is 0.391 e. The van der Waals surface area contributed by atoms with Crippen molar-refractivity contribution in [3.05, 3.63) is 66.2 Å². The van der Waals surface area contributed by atoms with E-state index < -0.39 is 6.10 Å². The van der Waals surface area contributed by atoms with E-state index in [4.69, 9.17) is 14.7 Å². The molecule has 2 aromatic heterocycles. The Morgan fingerprint density at radius 3 is 2.59 bits per heavy atom. The van der Waals surface area contributed by atoms with Crippen LogP contribution in [0, 0.1) is 0 Å². The molecule has 7 heteroatoms. The lowest BCUT2D eigenvalue weighted by molar-refractivity contribution is -0.0583. The van der Waals surface area contributed by atoms with Crippen molar-refractivity contribution >= 4 is 5.91 Å². The average Bonchev–Trinajstić information content (AvgIpc) is 2.85. The summed E-state index contributed by atoms with van der Waals surface area (Å²) in [6, 6.07) is 13.4. The summed E-state index contributed by atoms with van der Waals surface area (Å²) in [4.78, 5) is 27.1. The van der Waals surface area contributed by atoms with Gasteiger partial charge in [-0.1, -0.05) is 43.7 Å². The number of aliphatic hydroxyl groups is 1. The minimum absolute atomic E-state index is 0.252. The van der Waals surface area contributed by atoms with Gasteiger partial charge in [0.1, 0.15) is 11.8 Å². The Bertz CT molecular complexity index is 1040. The Labute approximate surface area is 187 Å². The summed E-state index contributed by atoms with van der Waals surface area (Å²) >= 11 is 0. The quantitative estimate of drug-likeness (QED) is 0.549. The fraction of sp³-hybridized carbons (Fsp3) is 0.360. The molecule has 4 rings (SSSR count). The second kappa shape index (κ2) is 10.4. The Hall–Kier alpha value is -3.16. The first-order chi connectivity index (χ1) is 15.7. The molecule has 0 aliphatic carbocycles. The topological polar surface area (TPSA) is 97.2 Å². The number of benzene rings is 1. The van der Waals surface area contributed by atoms with Gasteiger partial charge in [0.25, 0.3) is 5.91 Å². The minimum Gasteiger partial charge on any atom is -0.391 e. The van der Waals surface area contributed by atoms with Crippen LogP contribution in [0.15, 0.2) is 54.9 Å². The van der Waals surface area contributed by atoms with Crippen molar-refractivity contribution < 1.29 is 14.6 Å². The second-order valence-corrected chi connectivity index (χ2v) is 7.92. The maximum absolute atomic E-state index is 13.1. The van der Waals surface area contributed by atoms with E-state index in [1.54, 1.807) is 12.4 Å². The molecule has 1 fully saturated rings. The maximum Gasteiger partial charge on any atom is 0.272 e. The van der Waals surface area contributed by atoms with Crippen LogP contribution in [-0.2, 0) is 4.74 Å². The molecule has 2 atom stereocenters. The molecule has 1 saturated heterocycles. The zero-order valence-corrected chi connectivity index (χ0v) is 18.2. The van der Waals surface area contributed by atoms with Gasteiger partial charge in [-0.05, 0) is 31.4 Å². The molecule has 1 amide bonds. The lowest BCUT2D eigenvalue weighted by Gasteiger charge is -2.27. The SMILES string of the molecule is CCCCNC(=O)c1nc(-c2ccccc2)c(C2CCC(O)CO2)nc1-c1cccnc1. The molecule has 1 aromatic carbocycles. The standard InChI is InChI=1S/C25H28N4O3/c1-2-3-14-27-25(31)24-22(18-10-7-13-26-15-18)28-23(20-12-11-19(30)16-32-20)21(29-24)17-8-5-4-6-9-17/h4-10,13,15,19-20,30H,2-3,11-12,14,16H2,1H3,(H,27,31). The Morgan fingerprint density at radius 1 is 1.09 bits per heavy atom. The van der Waals surface area contributed by atoms with Gasteiger partial charge in [-0.25, -0.2) is 9.97 Å². The first-order valence-corrected chi connectivity index (χ1v) is 11.1. The van der Waals surface area contributed by atoms with Crippen LogP contribution in [0.2, 0.25) is 0 Å². The number of rotatable bonds is 7. The van der Waals surface area contributed by atoms with E-state index in [0.717, 1.165) is 24.0 Å². The van der Waals surface area contributed by atoms with Gasteiger partial charge in [0.05, 0.1) is 24.1 Å². The first kappa shape index (κ1) is 22.0. The van der Waals surface area contributed by atoms with Gasteiger partial charge in [-0.2, -0.15) is 0 Å². The Morgan fingerprint density at radius 2 is 1.91 bits per heavy atom. The number of carbonyl (C=O) groups is 1. The summed E-state index contributed by atoms with van der Waals surface area (Å²) in [5.41, 5.74) is 3.64. The zero-order valence-electron chi connectivity index (χ0n) is 18.2. The van der Waals surface area contributed by atoms with E-state index in [-0.39, 0.29) is 24.3 Å². The second-order valence-electron chi connectivity index (χ2n) is 7.92. The number of nitrogens with one attached hydrogen (secondary N) is 1. The van der Waals surface area contributed by atoms with Gasteiger partial charge in [0, 0.05) is 30.1 Å². The molecule has 32 heavy (non-hydrogen) atoms. The zero-order chi connectivity index (χ0) is 22.3. The number of aliphatic hydroxyl groups excluding tert-OH is 1. The van der Waals surface area contributed by atoms with Crippen molar-refractivity contribution in [2.45, 2.75) is 44.8 Å². The van der Waals surface area contributed by atoms with Crippen molar-refractivity contribution in [1.82, 2.24) is 20.3 Å². The predicted octanol–water partition coefficient (Wildman–Crippen LogP) is 3.95. The number of carbonyl (C=O) groups excluding carboxylic acids is 1. The van der Waals surface area contributed by atoms with Crippen molar-refractivity contribution in [3.63, 3.8) is 0 Å². The number of aromatic nitrogens is 3. The number of pyridine rings is 1. The highest BCUT2D eigenvalue weighted by Gasteiger charge is 2.29.